The van der Waals surface area contributed by atoms with E-state index in [0.717, 1.165) is 18.6 Å². The van der Waals surface area contributed by atoms with Crippen LogP contribution in [0.4, 0.5) is 0 Å². The Hall–Kier alpha value is -2.07. The molecule has 2 atom stereocenters. The van der Waals surface area contributed by atoms with E-state index in [1.807, 2.05) is 26.1 Å². The van der Waals surface area contributed by atoms with Crippen LogP contribution >= 0.6 is 0 Å². The number of nitrogens with one attached hydrogen (secondary N) is 1. The van der Waals surface area contributed by atoms with Gasteiger partial charge in [-0.2, -0.15) is 0 Å². The van der Waals surface area contributed by atoms with E-state index in [4.69, 9.17) is 4.42 Å². The molecule has 1 amide bonds. The van der Waals surface area contributed by atoms with E-state index in [1.165, 1.54) is 11.1 Å². The summed E-state index contributed by atoms with van der Waals surface area (Å²) in [6.45, 7) is 2.33. The molecule has 116 valence electrons. The molecular weight excluding hydrogens is 276 g/mol. The van der Waals surface area contributed by atoms with E-state index < -0.39 is 0 Å². The summed E-state index contributed by atoms with van der Waals surface area (Å²) in [5.74, 6) is 0.804. The Morgan fingerprint density at radius 1 is 1.36 bits per heavy atom. The van der Waals surface area contributed by atoms with Gasteiger partial charge in [-0.3, -0.25) is 9.69 Å². The fraction of sp³-hybridized carbons (Fsp3) is 0.389. The Morgan fingerprint density at radius 3 is 2.95 bits per heavy atom. The van der Waals surface area contributed by atoms with Gasteiger partial charge in [0, 0.05) is 6.04 Å². The van der Waals surface area contributed by atoms with Crippen molar-refractivity contribution < 1.29 is 9.21 Å². The number of carbonyl (C=O) groups excluding carboxylic acids is 1. The number of hydrogen-bond donors (Lipinski definition) is 1. The number of amides is 1. The Labute approximate surface area is 131 Å². The molecule has 0 fully saturated rings. The molecule has 0 saturated heterocycles. The molecule has 0 spiro atoms. The third-order valence-corrected chi connectivity index (χ3v) is 4.37. The number of benzene rings is 1. The summed E-state index contributed by atoms with van der Waals surface area (Å²) in [5, 5.41) is 2.99. The van der Waals surface area contributed by atoms with Crippen LogP contribution < -0.4 is 5.32 Å². The zero-order valence-electron chi connectivity index (χ0n) is 13.1. The molecule has 2 unspecified atom stereocenters. The first kappa shape index (κ1) is 14.9. The summed E-state index contributed by atoms with van der Waals surface area (Å²) in [5.41, 5.74) is 2.76. The predicted molar refractivity (Wildman–Crippen MR) is 85.4 cm³/mol. The molecule has 1 aliphatic rings. The summed E-state index contributed by atoms with van der Waals surface area (Å²) in [6, 6.07) is 12.5. The summed E-state index contributed by atoms with van der Waals surface area (Å²) in [6.07, 6.45) is 3.80. The van der Waals surface area contributed by atoms with Gasteiger partial charge in [0.15, 0.2) is 0 Å². The molecule has 4 heteroatoms. The van der Waals surface area contributed by atoms with E-state index in [-0.39, 0.29) is 11.9 Å². The summed E-state index contributed by atoms with van der Waals surface area (Å²) in [7, 11) is 2.02. The number of carbonyl (C=O) groups is 1. The molecule has 4 nitrogen and oxygen atoms in total. The molecule has 1 heterocycles. The minimum atomic E-state index is -0.105. The molecule has 2 aromatic rings. The molecule has 1 aliphatic carbocycles. The molecule has 0 radical (unpaired) electrons. The van der Waals surface area contributed by atoms with Crippen molar-refractivity contribution >= 4 is 5.91 Å². The number of rotatable bonds is 5. The minimum Gasteiger partial charge on any atom is -0.467 e. The van der Waals surface area contributed by atoms with E-state index in [0.29, 0.717) is 12.6 Å². The highest BCUT2D eigenvalue weighted by molar-refractivity contribution is 5.78. The van der Waals surface area contributed by atoms with Gasteiger partial charge in [-0.15, -0.1) is 0 Å². The topological polar surface area (TPSA) is 45.5 Å². The van der Waals surface area contributed by atoms with Crippen LogP contribution in [0, 0.1) is 0 Å². The van der Waals surface area contributed by atoms with Crippen molar-refractivity contribution in [2.75, 3.05) is 13.6 Å². The largest absolute Gasteiger partial charge is 0.467 e. The van der Waals surface area contributed by atoms with Crippen LogP contribution in [0.15, 0.2) is 47.1 Å². The molecule has 22 heavy (non-hydrogen) atoms. The van der Waals surface area contributed by atoms with Crippen LogP contribution in [0.3, 0.4) is 0 Å². The van der Waals surface area contributed by atoms with Gasteiger partial charge in [0.2, 0.25) is 5.91 Å². The van der Waals surface area contributed by atoms with Gasteiger partial charge in [0.25, 0.3) is 0 Å². The van der Waals surface area contributed by atoms with Crippen LogP contribution in [0.1, 0.15) is 42.3 Å². The van der Waals surface area contributed by atoms with Crippen LogP contribution in [-0.2, 0) is 11.2 Å². The smallest absolute Gasteiger partial charge is 0.234 e. The van der Waals surface area contributed by atoms with Gasteiger partial charge < -0.3 is 9.73 Å². The lowest BCUT2D eigenvalue weighted by molar-refractivity contribution is -0.123. The van der Waals surface area contributed by atoms with Crippen molar-refractivity contribution in [3.05, 3.63) is 59.5 Å². The van der Waals surface area contributed by atoms with Gasteiger partial charge in [-0.1, -0.05) is 24.3 Å². The van der Waals surface area contributed by atoms with Crippen molar-refractivity contribution in [3.8, 4) is 0 Å². The van der Waals surface area contributed by atoms with Crippen LogP contribution in [0.25, 0.3) is 0 Å². The Morgan fingerprint density at radius 2 is 2.18 bits per heavy atom. The van der Waals surface area contributed by atoms with Crippen LogP contribution in [0.5, 0.6) is 0 Å². The second kappa shape index (κ2) is 6.36. The van der Waals surface area contributed by atoms with Gasteiger partial charge >= 0.3 is 0 Å². The first-order valence-electron chi connectivity index (χ1n) is 7.76. The van der Waals surface area contributed by atoms with Crippen LogP contribution in [-0.4, -0.2) is 24.4 Å². The van der Waals surface area contributed by atoms with E-state index in [1.54, 1.807) is 6.26 Å². The number of aryl methyl sites for hydroxylation is 1. The summed E-state index contributed by atoms with van der Waals surface area (Å²) >= 11 is 0. The molecule has 0 bridgehead atoms. The lowest BCUT2D eigenvalue weighted by Crippen LogP contribution is -2.37. The molecule has 1 N–H and O–H groups in total. The average Bonchev–Trinajstić information content (AvgIpc) is 3.16. The Bertz CT molecular complexity index is 636. The van der Waals surface area contributed by atoms with Crippen LogP contribution in [0.2, 0.25) is 0 Å². The predicted octanol–water partition coefficient (Wildman–Crippen LogP) is 3.08. The molecular formula is C18H22N2O2. The number of furan rings is 1. The zero-order chi connectivity index (χ0) is 15.5. The zero-order valence-corrected chi connectivity index (χ0v) is 13.1. The van der Waals surface area contributed by atoms with Gasteiger partial charge in [-0.05, 0) is 50.1 Å². The summed E-state index contributed by atoms with van der Waals surface area (Å²) in [4.78, 5) is 14.4. The Balaban J connectivity index is 1.58. The van der Waals surface area contributed by atoms with Crippen molar-refractivity contribution in [1.29, 1.82) is 0 Å². The Kier molecular flexibility index (Phi) is 4.29. The highest BCUT2D eigenvalue weighted by Gasteiger charge is 2.26. The minimum absolute atomic E-state index is 0.0239. The number of nitrogens with zero attached hydrogens (tertiary/aromatic N) is 1. The lowest BCUT2D eigenvalue weighted by atomic mass is 10.1. The second-order valence-corrected chi connectivity index (χ2v) is 5.97. The number of fused-ring (bicyclic) bond motifs is 1. The van der Waals surface area contributed by atoms with E-state index in [9.17, 15) is 4.79 Å². The fourth-order valence-electron chi connectivity index (χ4n) is 3.23. The van der Waals surface area contributed by atoms with Crippen molar-refractivity contribution in [3.63, 3.8) is 0 Å². The monoisotopic (exact) mass is 298 g/mol. The maximum atomic E-state index is 12.2. The molecule has 0 saturated carbocycles. The maximum Gasteiger partial charge on any atom is 0.234 e. The fourth-order valence-corrected chi connectivity index (χ4v) is 3.23. The molecule has 0 aliphatic heterocycles. The normalized spacial score (nSPS) is 18.2. The summed E-state index contributed by atoms with van der Waals surface area (Å²) < 4.78 is 5.32. The number of likely N-dealkylation sites (N-methyl/N-ethyl adjacent to an activating group) is 1. The molecule has 1 aromatic carbocycles. The van der Waals surface area contributed by atoms with Gasteiger partial charge in [-0.25, -0.2) is 0 Å². The van der Waals surface area contributed by atoms with Crippen molar-refractivity contribution in [2.45, 2.75) is 31.8 Å². The lowest BCUT2D eigenvalue weighted by Gasteiger charge is -2.25. The molecule has 1 aromatic heterocycles. The third-order valence-electron chi connectivity index (χ3n) is 4.37. The van der Waals surface area contributed by atoms with Crippen molar-refractivity contribution in [1.82, 2.24) is 10.2 Å². The SMILES string of the molecule is CC(NC(=O)CN(C)C1CCc2ccccc21)c1ccco1. The number of hydrogen-bond acceptors (Lipinski definition) is 3. The highest BCUT2D eigenvalue weighted by atomic mass is 16.3. The quantitative estimate of drug-likeness (QED) is 0.922. The van der Waals surface area contributed by atoms with E-state index >= 15 is 0 Å². The average molecular weight is 298 g/mol. The standard InChI is InChI=1S/C18H22N2O2/c1-13(17-8-5-11-22-17)19-18(21)12-20(2)16-10-9-14-6-3-4-7-15(14)16/h3-8,11,13,16H,9-10,12H2,1-2H3,(H,19,21). The third kappa shape index (κ3) is 3.07. The maximum absolute atomic E-state index is 12.2. The van der Waals surface area contributed by atoms with Crippen molar-refractivity contribution in [2.24, 2.45) is 0 Å². The van der Waals surface area contributed by atoms with Gasteiger partial charge in [0.05, 0.1) is 18.8 Å². The van der Waals surface area contributed by atoms with E-state index in [2.05, 4.69) is 34.5 Å². The second-order valence-electron chi connectivity index (χ2n) is 5.97. The first-order valence-corrected chi connectivity index (χ1v) is 7.76. The first-order chi connectivity index (χ1) is 10.6. The molecule has 3 rings (SSSR count). The highest BCUT2D eigenvalue weighted by Crippen LogP contribution is 2.34. The van der Waals surface area contributed by atoms with Gasteiger partial charge in [0.1, 0.15) is 5.76 Å².